The van der Waals surface area contributed by atoms with Gasteiger partial charge in [0.05, 0.1) is 5.02 Å². The zero-order valence-electron chi connectivity index (χ0n) is 7.41. The van der Waals surface area contributed by atoms with Crippen LogP contribution in [0.5, 0.6) is 5.75 Å². The van der Waals surface area contributed by atoms with Crippen molar-refractivity contribution in [3.05, 3.63) is 29.0 Å². The maximum atomic E-state index is 12.6. The summed E-state index contributed by atoms with van der Waals surface area (Å²) < 4.78 is 17.6. The van der Waals surface area contributed by atoms with Crippen molar-refractivity contribution in [1.29, 1.82) is 0 Å². The van der Waals surface area contributed by atoms with Gasteiger partial charge in [-0.3, -0.25) is 4.79 Å². The molecule has 0 saturated carbocycles. The molecule has 0 fully saturated rings. The molecule has 1 N–H and O–H groups in total. The highest BCUT2D eigenvalue weighted by Gasteiger charge is 2.15. The number of hydrogen-bond acceptors (Lipinski definition) is 2. The van der Waals surface area contributed by atoms with Crippen LogP contribution in [0.1, 0.15) is 0 Å². The third kappa shape index (κ3) is 3.57. The summed E-state index contributed by atoms with van der Waals surface area (Å²) in [6.07, 6.45) is 0. The van der Waals surface area contributed by atoms with E-state index in [1.54, 1.807) is 0 Å². The van der Waals surface area contributed by atoms with E-state index in [0.717, 1.165) is 12.1 Å². The van der Waals surface area contributed by atoms with Crippen LogP contribution in [0.25, 0.3) is 0 Å². The summed E-state index contributed by atoms with van der Waals surface area (Å²) in [4.78, 5) is 10.4. The number of aliphatic carboxylic acids is 1. The largest absolute Gasteiger partial charge is 0.490 e. The maximum absolute atomic E-state index is 12.6. The highest BCUT2D eigenvalue weighted by Crippen LogP contribution is 2.25. The lowest BCUT2D eigenvalue weighted by Crippen LogP contribution is -2.21. The number of carboxylic acid groups (broad SMARTS) is 1. The van der Waals surface area contributed by atoms with Crippen LogP contribution in [-0.2, 0) is 4.79 Å². The molecule has 3 nitrogen and oxygen atoms in total. The molecule has 1 unspecified atom stereocenters. The molecule has 0 aliphatic rings. The Morgan fingerprint density at radius 1 is 1.60 bits per heavy atom. The number of carbonyl (C=O) groups is 1. The molecule has 1 atom stereocenters. The first-order valence-corrected chi connectivity index (χ1v) is 4.77. The van der Waals surface area contributed by atoms with Gasteiger partial charge in [-0.1, -0.05) is 11.6 Å². The molecule has 1 rings (SSSR count). The molecule has 0 saturated heterocycles. The monoisotopic (exact) mass is 252 g/mol. The van der Waals surface area contributed by atoms with Crippen molar-refractivity contribution in [1.82, 2.24) is 0 Å². The van der Waals surface area contributed by atoms with E-state index in [1.165, 1.54) is 6.07 Å². The minimum absolute atomic E-state index is 0.0734. The average Bonchev–Trinajstić information content (AvgIpc) is 2.15. The number of hydrogen-bond donors (Lipinski definition) is 1. The molecule has 15 heavy (non-hydrogen) atoms. The van der Waals surface area contributed by atoms with Gasteiger partial charge in [0.15, 0.2) is 5.38 Å². The molecule has 0 bridgehead atoms. The summed E-state index contributed by atoms with van der Waals surface area (Å²) in [7, 11) is 0. The molecule has 1 aromatic carbocycles. The molecular weight excluding hydrogens is 246 g/mol. The lowest BCUT2D eigenvalue weighted by atomic mass is 10.3. The summed E-state index contributed by atoms with van der Waals surface area (Å²) in [6.45, 7) is -0.234. The van der Waals surface area contributed by atoms with Crippen molar-refractivity contribution in [2.45, 2.75) is 5.38 Å². The predicted octanol–water partition coefficient (Wildman–Crippen LogP) is 2.55. The normalized spacial score (nSPS) is 12.2. The van der Waals surface area contributed by atoms with Crippen molar-refractivity contribution >= 4 is 29.2 Å². The number of alkyl halides is 1. The number of benzene rings is 1. The number of halogens is 3. The van der Waals surface area contributed by atoms with Gasteiger partial charge < -0.3 is 9.84 Å². The van der Waals surface area contributed by atoms with Gasteiger partial charge in [0, 0.05) is 0 Å². The van der Waals surface area contributed by atoms with Gasteiger partial charge in [-0.2, -0.15) is 0 Å². The highest BCUT2D eigenvalue weighted by atomic mass is 35.5. The molecule has 6 heteroatoms. The van der Waals surface area contributed by atoms with Crippen LogP contribution in [0.15, 0.2) is 18.2 Å². The van der Waals surface area contributed by atoms with E-state index >= 15 is 0 Å². The molecule has 0 aliphatic heterocycles. The van der Waals surface area contributed by atoms with Gasteiger partial charge in [0.2, 0.25) is 0 Å². The van der Waals surface area contributed by atoms with Crippen LogP contribution in [0.2, 0.25) is 5.02 Å². The van der Waals surface area contributed by atoms with Crippen LogP contribution >= 0.6 is 23.2 Å². The van der Waals surface area contributed by atoms with Crippen molar-refractivity contribution < 1.29 is 19.0 Å². The maximum Gasteiger partial charge on any atom is 0.325 e. The Morgan fingerprint density at radius 2 is 2.27 bits per heavy atom. The third-order valence-corrected chi connectivity index (χ3v) is 2.16. The quantitative estimate of drug-likeness (QED) is 0.838. The predicted molar refractivity (Wildman–Crippen MR) is 54.2 cm³/mol. The summed E-state index contributed by atoms with van der Waals surface area (Å²) in [5.74, 6) is -1.48. The highest BCUT2D eigenvalue weighted by molar-refractivity contribution is 6.32. The van der Waals surface area contributed by atoms with Gasteiger partial charge in [-0.25, -0.2) is 4.39 Å². The molecule has 0 aromatic heterocycles. The minimum atomic E-state index is -1.19. The topological polar surface area (TPSA) is 46.5 Å². The Bertz CT molecular complexity index is 370. The second-order valence-corrected chi connectivity index (χ2v) is 3.63. The Kier molecular flexibility index (Phi) is 4.17. The average molecular weight is 253 g/mol. The van der Waals surface area contributed by atoms with E-state index < -0.39 is 17.2 Å². The second kappa shape index (κ2) is 5.19. The van der Waals surface area contributed by atoms with E-state index in [0.29, 0.717) is 0 Å². The van der Waals surface area contributed by atoms with Gasteiger partial charge in [-0.15, -0.1) is 11.6 Å². The molecule has 1 aromatic rings. The number of rotatable bonds is 4. The van der Waals surface area contributed by atoms with Crippen molar-refractivity contribution in [2.75, 3.05) is 6.61 Å². The van der Waals surface area contributed by atoms with Crippen LogP contribution in [0.3, 0.4) is 0 Å². The molecule has 0 heterocycles. The molecule has 0 amide bonds. The first kappa shape index (κ1) is 12.1. The van der Waals surface area contributed by atoms with Crippen LogP contribution in [0, 0.1) is 5.82 Å². The number of carboxylic acids is 1. The van der Waals surface area contributed by atoms with Crippen LogP contribution < -0.4 is 4.74 Å². The first-order valence-electron chi connectivity index (χ1n) is 3.95. The lowest BCUT2D eigenvalue weighted by molar-refractivity contribution is -0.137. The molecule has 82 valence electrons. The van der Waals surface area contributed by atoms with E-state index in [-0.39, 0.29) is 17.4 Å². The summed E-state index contributed by atoms with van der Waals surface area (Å²) in [6, 6.07) is 3.54. The van der Waals surface area contributed by atoms with Crippen molar-refractivity contribution in [3.63, 3.8) is 0 Å². The molecule has 0 radical (unpaired) electrons. The Labute approximate surface area is 95.4 Å². The van der Waals surface area contributed by atoms with Gasteiger partial charge in [0.1, 0.15) is 18.2 Å². The van der Waals surface area contributed by atoms with E-state index in [4.69, 9.17) is 33.0 Å². The smallest absolute Gasteiger partial charge is 0.325 e. The van der Waals surface area contributed by atoms with Gasteiger partial charge >= 0.3 is 5.97 Å². The van der Waals surface area contributed by atoms with Gasteiger partial charge in [0.25, 0.3) is 0 Å². The Morgan fingerprint density at radius 3 is 2.80 bits per heavy atom. The zero-order chi connectivity index (χ0) is 11.4. The van der Waals surface area contributed by atoms with E-state index in [9.17, 15) is 9.18 Å². The minimum Gasteiger partial charge on any atom is -0.490 e. The zero-order valence-corrected chi connectivity index (χ0v) is 8.93. The Hall–Kier alpha value is -1.00. The fraction of sp³-hybridized carbons (Fsp3) is 0.222. The van der Waals surface area contributed by atoms with Crippen LogP contribution in [-0.4, -0.2) is 23.1 Å². The standard InChI is InChI=1S/C9H7Cl2FO3/c10-6-3-5(12)1-2-8(6)15-4-7(11)9(13)14/h1-3,7H,4H2,(H,13,14). The first-order chi connectivity index (χ1) is 7.00. The third-order valence-electron chi connectivity index (χ3n) is 1.55. The fourth-order valence-electron chi connectivity index (χ4n) is 0.826. The Balaban J connectivity index is 2.62. The van der Waals surface area contributed by atoms with Crippen LogP contribution in [0.4, 0.5) is 4.39 Å². The summed E-state index contributed by atoms with van der Waals surface area (Å²) >= 11 is 11.0. The SMILES string of the molecule is O=C(O)C(Cl)COc1ccc(F)cc1Cl. The summed E-state index contributed by atoms with van der Waals surface area (Å²) in [5, 5.41) is 7.38. The van der Waals surface area contributed by atoms with Gasteiger partial charge in [-0.05, 0) is 18.2 Å². The summed E-state index contributed by atoms with van der Waals surface area (Å²) in [5.41, 5.74) is 0. The molecule has 0 spiro atoms. The number of ether oxygens (including phenoxy) is 1. The van der Waals surface area contributed by atoms with E-state index in [2.05, 4.69) is 0 Å². The van der Waals surface area contributed by atoms with Crippen molar-refractivity contribution in [3.8, 4) is 5.75 Å². The lowest BCUT2D eigenvalue weighted by Gasteiger charge is -2.09. The van der Waals surface area contributed by atoms with Crippen molar-refractivity contribution in [2.24, 2.45) is 0 Å². The molecular formula is C9H7Cl2FO3. The molecule has 0 aliphatic carbocycles. The van der Waals surface area contributed by atoms with E-state index in [1.807, 2.05) is 0 Å². The second-order valence-electron chi connectivity index (χ2n) is 2.69. The fourth-order valence-corrected chi connectivity index (χ4v) is 1.11.